The summed E-state index contributed by atoms with van der Waals surface area (Å²) in [5, 5.41) is 6.61. The predicted molar refractivity (Wildman–Crippen MR) is 236 cm³/mol. The van der Waals surface area contributed by atoms with E-state index in [2.05, 4.69) is 194 Å². The molecule has 4 nitrogen and oxygen atoms in total. The third-order valence-electron chi connectivity index (χ3n) is 12.0. The van der Waals surface area contributed by atoms with E-state index in [0.29, 0.717) is 17.5 Å². The van der Waals surface area contributed by atoms with Gasteiger partial charge in [-0.3, -0.25) is 0 Å². The van der Waals surface area contributed by atoms with Crippen LogP contribution in [0.15, 0.2) is 205 Å². The Balaban J connectivity index is 1.12. The van der Waals surface area contributed by atoms with Gasteiger partial charge in [0.1, 0.15) is 11.2 Å². The normalized spacial score (nSPS) is 13.0. The molecule has 9 aromatic carbocycles. The standard InChI is InChI=1S/C54H33N3O/c1-3-18-40(19-4-1)54(41-20-5-2-6-21-41)46-24-12-11-22-42(46)44-32-45-49(33-47(44)54)58-48-25-13-23-43(50(45)48)53-56-51(38-28-26-34-14-7-9-16-36(34)30-38)55-52(57-53)39-29-27-35-15-8-10-17-37(35)31-39/h1-33H. The van der Waals surface area contributed by atoms with E-state index >= 15 is 0 Å². The molecule has 12 rings (SSSR count). The van der Waals surface area contributed by atoms with Gasteiger partial charge in [-0.15, -0.1) is 0 Å². The molecule has 0 amide bonds. The van der Waals surface area contributed by atoms with E-state index in [-0.39, 0.29) is 0 Å². The van der Waals surface area contributed by atoms with Gasteiger partial charge in [-0.05, 0) is 85.3 Å². The van der Waals surface area contributed by atoms with Gasteiger partial charge in [0.25, 0.3) is 0 Å². The van der Waals surface area contributed by atoms with Gasteiger partial charge < -0.3 is 4.42 Å². The molecule has 2 aromatic heterocycles. The maximum absolute atomic E-state index is 6.86. The Bertz CT molecular complexity index is 3270. The third kappa shape index (κ3) is 4.85. The lowest BCUT2D eigenvalue weighted by molar-refractivity contribution is 0.666. The number of hydrogen-bond acceptors (Lipinski definition) is 4. The van der Waals surface area contributed by atoms with E-state index < -0.39 is 5.41 Å². The summed E-state index contributed by atoms with van der Waals surface area (Å²) in [5.41, 5.74) is 11.2. The van der Waals surface area contributed by atoms with Crippen molar-refractivity contribution in [1.82, 2.24) is 15.0 Å². The van der Waals surface area contributed by atoms with Gasteiger partial charge >= 0.3 is 0 Å². The first-order valence-corrected chi connectivity index (χ1v) is 19.7. The van der Waals surface area contributed by atoms with Gasteiger partial charge in [-0.1, -0.05) is 170 Å². The highest BCUT2D eigenvalue weighted by Crippen LogP contribution is 2.57. The van der Waals surface area contributed by atoms with E-state index in [1.54, 1.807) is 0 Å². The smallest absolute Gasteiger partial charge is 0.164 e. The van der Waals surface area contributed by atoms with Gasteiger partial charge in [0, 0.05) is 27.5 Å². The zero-order valence-corrected chi connectivity index (χ0v) is 31.3. The Labute approximate surface area is 334 Å². The van der Waals surface area contributed by atoms with Gasteiger partial charge in [0.2, 0.25) is 0 Å². The van der Waals surface area contributed by atoms with Crippen LogP contribution < -0.4 is 0 Å². The quantitative estimate of drug-likeness (QED) is 0.176. The van der Waals surface area contributed by atoms with Crippen LogP contribution in [-0.4, -0.2) is 15.0 Å². The van der Waals surface area contributed by atoms with Crippen LogP contribution in [0.25, 0.3) is 88.8 Å². The Morgan fingerprint density at radius 1 is 0.345 bits per heavy atom. The van der Waals surface area contributed by atoms with Crippen molar-refractivity contribution in [3.63, 3.8) is 0 Å². The summed E-state index contributed by atoms with van der Waals surface area (Å²) >= 11 is 0. The van der Waals surface area contributed by atoms with E-state index in [1.807, 2.05) is 6.07 Å². The van der Waals surface area contributed by atoms with Crippen molar-refractivity contribution in [2.75, 3.05) is 0 Å². The first-order chi connectivity index (χ1) is 28.7. The van der Waals surface area contributed by atoms with Crippen LogP contribution in [0.4, 0.5) is 0 Å². The van der Waals surface area contributed by atoms with Crippen LogP contribution in [0.1, 0.15) is 22.3 Å². The number of benzene rings is 9. The zero-order valence-electron chi connectivity index (χ0n) is 31.3. The van der Waals surface area contributed by atoms with Crippen molar-refractivity contribution in [2.45, 2.75) is 5.41 Å². The molecule has 0 saturated carbocycles. The highest BCUT2D eigenvalue weighted by atomic mass is 16.3. The summed E-state index contributed by atoms with van der Waals surface area (Å²) in [7, 11) is 0. The first kappa shape index (κ1) is 32.5. The lowest BCUT2D eigenvalue weighted by Gasteiger charge is -2.33. The second-order valence-electron chi connectivity index (χ2n) is 15.1. The SMILES string of the molecule is c1ccc(C2(c3ccccc3)c3ccccc3-c3cc4c(cc32)oc2cccc(-c3nc(-c5ccc6ccccc6c5)nc(-c5ccc6ccccc6c5)n3)c24)cc1. The summed E-state index contributed by atoms with van der Waals surface area (Å²) in [6, 6.07) is 71.0. The Morgan fingerprint density at radius 2 is 0.879 bits per heavy atom. The monoisotopic (exact) mass is 739 g/mol. The summed E-state index contributed by atoms with van der Waals surface area (Å²) < 4.78 is 6.86. The van der Waals surface area contributed by atoms with Gasteiger partial charge in [0.05, 0.1) is 5.41 Å². The second-order valence-corrected chi connectivity index (χ2v) is 15.1. The zero-order chi connectivity index (χ0) is 38.2. The molecule has 11 aromatic rings. The summed E-state index contributed by atoms with van der Waals surface area (Å²) in [4.78, 5) is 15.6. The van der Waals surface area contributed by atoms with E-state index in [1.165, 1.54) is 44.2 Å². The predicted octanol–water partition coefficient (Wildman–Crippen LogP) is 13.4. The number of furan rings is 1. The molecular weight excluding hydrogens is 707 g/mol. The van der Waals surface area contributed by atoms with Crippen molar-refractivity contribution in [3.05, 3.63) is 222 Å². The first-order valence-electron chi connectivity index (χ1n) is 19.7. The molecule has 4 heteroatoms. The molecule has 0 aliphatic heterocycles. The Kier molecular flexibility index (Phi) is 7.11. The number of aromatic nitrogens is 3. The van der Waals surface area contributed by atoms with Crippen LogP contribution >= 0.6 is 0 Å². The molecule has 1 aliphatic rings. The Morgan fingerprint density at radius 3 is 1.52 bits per heavy atom. The molecule has 0 fully saturated rings. The molecular formula is C54H33N3O. The lowest BCUT2D eigenvalue weighted by atomic mass is 9.67. The summed E-state index contributed by atoms with van der Waals surface area (Å²) in [6.45, 7) is 0. The molecule has 58 heavy (non-hydrogen) atoms. The molecule has 0 saturated heterocycles. The largest absolute Gasteiger partial charge is 0.456 e. The van der Waals surface area contributed by atoms with Crippen molar-refractivity contribution in [3.8, 4) is 45.3 Å². The second kappa shape index (κ2) is 12.7. The molecule has 0 atom stereocenters. The third-order valence-corrected chi connectivity index (χ3v) is 12.0. The average molecular weight is 740 g/mol. The lowest BCUT2D eigenvalue weighted by Crippen LogP contribution is -2.28. The van der Waals surface area contributed by atoms with Crippen LogP contribution in [0.5, 0.6) is 0 Å². The molecule has 0 bridgehead atoms. The maximum Gasteiger partial charge on any atom is 0.164 e. The minimum absolute atomic E-state index is 0.526. The minimum Gasteiger partial charge on any atom is -0.456 e. The summed E-state index contributed by atoms with van der Waals surface area (Å²) in [5.74, 6) is 1.83. The number of hydrogen-bond donors (Lipinski definition) is 0. The van der Waals surface area contributed by atoms with Crippen LogP contribution in [0.2, 0.25) is 0 Å². The van der Waals surface area contributed by atoms with Crippen LogP contribution in [0, 0.1) is 0 Å². The number of nitrogens with zero attached hydrogens (tertiary/aromatic N) is 3. The van der Waals surface area contributed by atoms with Gasteiger partial charge in [-0.2, -0.15) is 0 Å². The van der Waals surface area contributed by atoms with Crippen LogP contribution in [0.3, 0.4) is 0 Å². The molecule has 0 spiro atoms. The van der Waals surface area contributed by atoms with E-state index in [4.69, 9.17) is 19.4 Å². The summed E-state index contributed by atoms with van der Waals surface area (Å²) in [6.07, 6.45) is 0. The van der Waals surface area contributed by atoms with E-state index in [9.17, 15) is 0 Å². The number of fused-ring (bicyclic) bond motifs is 8. The maximum atomic E-state index is 6.86. The molecule has 2 heterocycles. The van der Waals surface area contributed by atoms with Gasteiger partial charge in [-0.25, -0.2) is 15.0 Å². The molecule has 1 aliphatic carbocycles. The average Bonchev–Trinajstić information content (AvgIpc) is 3.81. The van der Waals surface area contributed by atoms with Crippen molar-refractivity contribution in [2.24, 2.45) is 0 Å². The molecule has 0 radical (unpaired) electrons. The fraction of sp³-hybridized carbons (Fsp3) is 0.0185. The van der Waals surface area contributed by atoms with Crippen molar-refractivity contribution in [1.29, 1.82) is 0 Å². The van der Waals surface area contributed by atoms with E-state index in [0.717, 1.165) is 49.4 Å². The van der Waals surface area contributed by atoms with Gasteiger partial charge in [0.15, 0.2) is 17.5 Å². The Hall–Kier alpha value is -7.69. The minimum atomic E-state index is -0.526. The molecule has 270 valence electrons. The topological polar surface area (TPSA) is 51.8 Å². The highest BCUT2D eigenvalue weighted by molar-refractivity contribution is 6.14. The molecule has 0 N–H and O–H groups in total. The fourth-order valence-electron chi connectivity index (χ4n) is 9.36. The van der Waals surface area contributed by atoms with Crippen molar-refractivity contribution < 1.29 is 4.42 Å². The number of rotatable bonds is 5. The van der Waals surface area contributed by atoms with Crippen molar-refractivity contribution >= 4 is 43.5 Å². The van der Waals surface area contributed by atoms with Crippen LogP contribution in [-0.2, 0) is 5.41 Å². The highest BCUT2D eigenvalue weighted by Gasteiger charge is 2.46. The molecule has 0 unspecified atom stereocenters. The fourth-order valence-corrected chi connectivity index (χ4v) is 9.36.